The molecule has 3 aliphatic rings. The van der Waals surface area contributed by atoms with Crippen LogP contribution in [0.15, 0.2) is 54.6 Å². The standard InChI is InChI=1S/C27H33NO4S/c1-26(2)22-13-14-27(26)18-33(30,31)28(24(27)17-22)25(29)21(15-19-7-5-4-6-8-19)16-20-9-11-23(32-3)12-10-20/h4-12,21-22,24H,13-18H2,1-3H3/t21-,22?,24?,27?/m1/s1. The van der Waals surface area contributed by atoms with Gasteiger partial charge in [0.2, 0.25) is 15.9 Å². The second-order valence-corrected chi connectivity index (χ2v) is 12.5. The molecular formula is C27H33NO4S. The largest absolute Gasteiger partial charge is 0.497 e. The monoisotopic (exact) mass is 467 g/mol. The maximum atomic E-state index is 14.0. The Hall–Kier alpha value is -2.34. The summed E-state index contributed by atoms with van der Waals surface area (Å²) >= 11 is 0. The Balaban J connectivity index is 1.48. The molecule has 0 aromatic heterocycles. The normalized spacial score (nSPS) is 29.6. The predicted octanol–water partition coefficient (Wildman–Crippen LogP) is 4.46. The zero-order valence-electron chi connectivity index (χ0n) is 19.7. The number of methoxy groups -OCH3 is 1. The number of nitrogens with zero attached hydrogens (tertiary/aromatic N) is 1. The molecule has 3 fully saturated rings. The fourth-order valence-electron chi connectivity index (χ4n) is 6.95. The third-order valence-electron chi connectivity index (χ3n) is 8.94. The van der Waals surface area contributed by atoms with Crippen LogP contribution >= 0.6 is 0 Å². The Morgan fingerprint density at radius 1 is 1.06 bits per heavy atom. The van der Waals surface area contributed by atoms with Gasteiger partial charge in [0.15, 0.2) is 0 Å². The molecule has 0 N–H and O–H groups in total. The number of ether oxygens (including phenoxy) is 1. The highest BCUT2D eigenvalue weighted by Gasteiger charge is 2.72. The minimum absolute atomic E-state index is 0.0509. The molecule has 1 heterocycles. The number of fused-ring (bicyclic) bond motifs is 1. The first-order chi connectivity index (χ1) is 15.7. The van der Waals surface area contributed by atoms with Gasteiger partial charge in [-0.25, -0.2) is 12.7 Å². The number of carbonyl (C=O) groups is 1. The summed E-state index contributed by atoms with van der Waals surface area (Å²) in [5.74, 6) is 0.689. The molecule has 2 aromatic rings. The number of hydrogen-bond donors (Lipinski definition) is 0. The van der Waals surface area contributed by atoms with Gasteiger partial charge in [-0.05, 0) is 66.7 Å². The van der Waals surface area contributed by atoms with Crippen molar-refractivity contribution < 1.29 is 17.9 Å². The summed E-state index contributed by atoms with van der Waals surface area (Å²) in [6.45, 7) is 4.43. The molecule has 33 heavy (non-hydrogen) atoms. The highest BCUT2D eigenvalue weighted by molar-refractivity contribution is 7.90. The molecule has 2 aliphatic carbocycles. The van der Waals surface area contributed by atoms with E-state index in [0.29, 0.717) is 18.8 Å². The second-order valence-electron chi connectivity index (χ2n) is 10.7. The van der Waals surface area contributed by atoms with Crippen LogP contribution in [0.3, 0.4) is 0 Å². The molecule has 1 spiro atoms. The molecule has 1 aliphatic heterocycles. The highest BCUT2D eigenvalue weighted by Crippen LogP contribution is 2.70. The van der Waals surface area contributed by atoms with Gasteiger partial charge in [-0.15, -0.1) is 0 Å². The van der Waals surface area contributed by atoms with E-state index in [4.69, 9.17) is 4.74 Å². The Bertz CT molecular complexity index is 1140. The van der Waals surface area contributed by atoms with Crippen LogP contribution in [0.2, 0.25) is 0 Å². The van der Waals surface area contributed by atoms with Crippen molar-refractivity contribution >= 4 is 15.9 Å². The Morgan fingerprint density at radius 3 is 2.30 bits per heavy atom. The molecule has 5 nitrogen and oxygen atoms in total. The number of benzene rings is 2. The fourth-order valence-corrected chi connectivity index (χ4v) is 9.55. The first-order valence-corrected chi connectivity index (χ1v) is 13.5. The molecule has 2 bridgehead atoms. The second kappa shape index (κ2) is 7.86. The lowest BCUT2D eigenvalue weighted by Crippen LogP contribution is -2.47. The topological polar surface area (TPSA) is 63.7 Å². The van der Waals surface area contributed by atoms with Crippen LogP contribution in [0.5, 0.6) is 5.75 Å². The SMILES string of the molecule is COc1ccc(C[C@@H](Cc2ccccc2)C(=O)N2C3CC4CCC3(CS2(=O)=O)C4(C)C)cc1. The van der Waals surface area contributed by atoms with E-state index in [0.717, 1.165) is 36.1 Å². The van der Waals surface area contributed by atoms with E-state index < -0.39 is 15.9 Å². The van der Waals surface area contributed by atoms with Crippen molar-refractivity contribution in [3.8, 4) is 5.75 Å². The number of rotatable bonds is 6. The van der Waals surface area contributed by atoms with Crippen molar-refractivity contribution in [1.29, 1.82) is 0 Å². The van der Waals surface area contributed by atoms with Crippen LogP contribution in [0.4, 0.5) is 0 Å². The smallest absolute Gasteiger partial charge is 0.240 e. The predicted molar refractivity (Wildman–Crippen MR) is 128 cm³/mol. The Kier molecular flexibility index (Phi) is 5.35. The average molecular weight is 468 g/mol. The fraction of sp³-hybridized carbons (Fsp3) is 0.519. The summed E-state index contributed by atoms with van der Waals surface area (Å²) in [7, 11) is -2.01. The number of hydrogen-bond acceptors (Lipinski definition) is 4. The maximum Gasteiger partial charge on any atom is 0.240 e. The molecule has 176 valence electrons. The molecule has 5 rings (SSSR count). The summed E-state index contributed by atoms with van der Waals surface area (Å²) in [5.41, 5.74) is 1.70. The van der Waals surface area contributed by atoms with E-state index in [9.17, 15) is 13.2 Å². The summed E-state index contributed by atoms with van der Waals surface area (Å²) in [4.78, 5) is 14.0. The number of amides is 1. The van der Waals surface area contributed by atoms with Gasteiger partial charge in [0.1, 0.15) is 5.75 Å². The first-order valence-electron chi connectivity index (χ1n) is 11.9. The molecule has 0 radical (unpaired) electrons. The van der Waals surface area contributed by atoms with E-state index >= 15 is 0 Å². The van der Waals surface area contributed by atoms with Crippen LogP contribution in [0.25, 0.3) is 0 Å². The van der Waals surface area contributed by atoms with Crippen LogP contribution in [-0.2, 0) is 27.7 Å². The van der Waals surface area contributed by atoms with E-state index in [1.54, 1.807) is 7.11 Å². The van der Waals surface area contributed by atoms with Crippen molar-refractivity contribution in [1.82, 2.24) is 4.31 Å². The molecule has 1 saturated heterocycles. The number of carbonyl (C=O) groups excluding carboxylic acids is 1. The quantitative estimate of drug-likeness (QED) is 0.629. The summed E-state index contributed by atoms with van der Waals surface area (Å²) in [6, 6.07) is 17.4. The van der Waals surface area contributed by atoms with Gasteiger partial charge in [0.25, 0.3) is 0 Å². The molecule has 1 amide bonds. The minimum atomic E-state index is -3.64. The van der Waals surface area contributed by atoms with Crippen LogP contribution in [0.1, 0.15) is 44.2 Å². The third kappa shape index (κ3) is 3.49. The van der Waals surface area contributed by atoms with Gasteiger partial charge in [-0.1, -0.05) is 56.3 Å². The van der Waals surface area contributed by atoms with Gasteiger partial charge in [-0.2, -0.15) is 0 Å². The van der Waals surface area contributed by atoms with Crippen molar-refractivity contribution in [2.24, 2.45) is 22.7 Å². The molecular weight excluding hydrogens is 434 g/mol. The van der Waals surface area contributed by atoms with Crippen molar-refractivity contribution in [3.05, 3.63) is 65.7 Å². The van der Waals surface area contributed by atoms with Gasteiger partial charge in [-0.3, -0.25) is 4.79 Å². The van der Waals surface area contributed by atoms with E-state index in [2.05, 4.69) is 13.8 Å². The minimum Gasteiger partial charge on any atom is -0.497 e. The number of sulfonamides is 1. The summed E-state index contributed by atoms with van der Waals surface area (Å²) < 4.78 is 33.5. The van der Waals surface area contributed by atoms with Gasteiger partial charge >= 0.3 is 0 Å². The van der Waals surface area contributed by atoms with E-state index in [1.165, 1.54) is 4.31 Å². The van der Waals surface area contributed by atoms with Crippen LogP contribution in [0, 0.1) is 22.7 Å². The summed E-state index contributed by atoms with van der Waals surface area (Å²) in [5, 5.41) is 0. The molecule has 3 unspecified atom stereocenters. The molecule has 4 atom stereocenters. The lowest BCUT2D eigenvalue weighted by Gasteiger charge is -2.37. The first kappa shape index (κ1) is 22.5. The van der Waals surface area contributed by atoms with Gasteiger partial charge < -0.3 is 4.74 Å². The highest BCUT2D eigenvalue weighted by atomic mass is 32.2. The molecule has 6 heteroatoms. The molecule has 2 aromatic carbocycles. The Labute approximate surface area is 197 Å². The lowest BCUT2D eigenvalue weighted by molar-refractivity contribution is -0.133. The zero-order chi connectivity index (χ0) is 23.4. The lowest BCUT2D eigenvalue weighted by atomic mass is 9.69. The van der Waals surface area contributed by atoms with Gasteiger partial charge in [0, 0.05) is 11.3 Å². The van der Waals surface area contributed by atoms with Crippen molar-refractivity contribution in [3.63, 3.8) is 0 Å². The summed E-state index contributed by atoms with van der Waals surface area (Å²) in [6.07, 6.45) is 3.79. The van der Waals surface area contributed by atoms with Crippen molar-refractivity contribution in [2.75, 3.05) is 12.9 Å². The zero-order valence-corrected chi connectivity index (χ0v) is 20.5. The van der Waals surface area contributed by atoms with Gasteiger partial charge in [0.05, 0.1) is 18.9 Å². The average Bonchev–Trinajstić information content (AvgIpc) is 3.27. The third-order valence-corrected chi connectivity index (χ3v) is 10.9. The van der Waals surface area contributed by atoms with Crippen molar-refractivity contribution in [2.45, 2.75) is 52.0 Å². The Morgan fingerprint density at radius 2 is 1.70 bits per heavy atom. The molecule has 2 saturated carbocycles. The van der Waals surface area contributed by atoms with Crippen LogP contribution in [-0.4, -0.2) is 37.5 Å². The van der Waals surface area contributed by atoms with E-state index in [1.807, 2.05) is 54.6 Å². The van der Waals surface area contributed by atoms with E-state index in [-0.39, 0.29) is 28.5 Å². The maximum absolute atomic E-state index is 14.0. The van der Waals surface area contributed by atoms with Crippen LogP contribution < -0.4 is 4.74 Å².